The molecule has 5 unspecified atom stereocenters. The minimum absolute atomic E-state index is 0.669. The van der Waals surface area contributed by atoms with E-state index in [1.54, 1.807) is 0 Å². The molecule has 0 bridgehead atoms. The lowest BCUT2D eigenvalue weighted by molar-refractivity contribution is -0.159. The van der Waals surface area contributed by atoms with E-state index in [1.807, 2.05) is 5.32 Å². The first-order valence-electron chi connectivity index (χ1n) is 9.34. The summed E-state index contributed by atoms with van der Waals surface area (Å²) in [5, 5.41) is 29.6. The van der Waals surface area contributed by atoms with Gasteiger partial charge in [0.2, 0.25) is 5.91 Å². The number of carbonyl (C=O) groups excluding carboxylic acids is 4. The number of Topliss-reactive ketones (excluding diaryl/α,β-unsaturated/α-hetero) is 3. The molecule has 0 saturated heterocycles. The quantitative estimate of drug-likeness (QED) is 0.126. The smallest absolute Gasteiger partial charge is 0.332 e. The van der Waals surface area contributed by atoms with E-state index in [0.29, 0.717) is 0 Å². The van der Waals surface area contributed by atoms with Crippen molar-refractivity contribution >= 4 is 41.2 Å². The lowest BCUT2D eigenvalue weighted by Crippen LogP contribution is -2.71. The Morgan fingerprint density at radius 3 is 1.69 bits per heavy atom. The highest BCUT2D eigenvalue weighted by Crippen LogP contribution is 2.26. The Morgan fingerprint density at radius 2 is 1.34 bits per heavy atom. The van der Waals surface area contributed by atoms with Crippen molar-refractivity contribution in [3.8, 4) is 0 Å². The molecule has 0 aromatic heterocycles. The lowest BCUT2D eigenvalue weighted by atomic mass is 9.70. The Hall–Kier alpha value is -3.23. The molecule has 32 heavy (non-hydrogen) atoms. The number of hydrogen-bond acceptors (Lipinski definition) is 10. The number of carboxylic acid groups (broad SMARTS) is 3. The zero-order valence-electron chi connectivity index (χ0n) is 17.7. The van der Waals surface area contributed by atoms with Crippen molar-refractivity contribution in [3.05, 3.63) is 0 Å². The minimum Gasteiger partial charge on any atom is -0.481 e. The molecule has 0 aromatic carbocycles. The number of rotatable bonds is 14. The predicted octanol–water partition coefficient (Wildman–Crippen LogP) is -3.14. The van der Waals surface area contributed by atoms with Crippen molar-refractivity contribution in [1.29, 1.82) is 0 Å². The normalized spacial score (nSPS) is 16.7. The molecule has 0 heterocycles. The molecular formula is C18H28N4O10. The van der Waals surface area contributed by atoms with Crippen LogP contribution >= 0.6 is 0 Å². The number of aliphatic carboxylic acids is 3. The highest BCUT2D eigenvalue weighted by molar-refractivity contribution is 6.22. The van der Waals surface area contributed by atoms with Crippen LogP contribution in [0.1, 0.15) is 33.6 Å². The van der Waals surface area contributed by atoms with E-state index in [-0.39, 0.29) is 0 Å². The molecule has 0 aromatic rings. The summed E-state index contributed by atoms with van der Waals surface area (Å²) < 4.78 is 0. The van der Waals surface area contributed by atoms with Gasteiger partial charge in [0.15, 0.2) is 22.9 Å². The average molecular weight is 460 g/mol. The maximum atomic E-state index is 13.2. The monoisotopic (exact) mass is 460 g/mol. The molecule has 180 valence electrons. The van der Waals surface area contributed by atoms with Crippen molar-refractivity contribution in [3.63, 3.8) is 0 Å². The van der Waals surface area contributed by atoms with E-state index in [2.05, 4.69) is 0 Å². The maximum Gasteiger partial charge on any atom is 0.332 e. The Morgan fingerprint density at radius 1 is 0.875 bits per heavy atom. The second-order valence-corrected chi connectivity index (χ2v) is 7.60. The van der Waals surface area contributed by atoms with Gasteiger partial charge in [0.05, 0.1) is 31.0 Å². The van der Waals surface area contributed by atoms with Gasteiger partial charge in [-0.3, -0.25) is 28.8 Å². The second kappa shape index (κ2) is 11.4. The first kappa shape index (κ1) is 28.8. The van der Waals surface area contributed by atoms with Crippen LogP contribution < -0.4 is 22.5 Å². The molecule has 1 amide bonds. The van der Waals surface area contributed by atoms with Crippen LogP contribution in [0.15, 0.2) is 0 Å². The summed E-state index contributed by atoms with van der Waals surface area (Å²) in [5.41, 5.74) is 13.6. The summed E-state index contributed by atoms with van der Waals surface area (Å²) >= 11 is 0. The number of ketones is 3. The molecular weight excluding hydrogens is 432 g/mol. The topological polar surface area (TPSA) is 270 Å². The van der Waals surface area contributed by atoms with E-state index in [1.165, 1.54) is 13.8 Å². The molecule has 14 nitrogen and oxygen atoms in total. The van der Waals surface area contributed by atoms with E-state index < -0.39 is 89.5 Å². The summed E-state index contributed by atoms with van der Waals surface area (Å²) in [7, 11) is 0. The van der Waals surface area contributed by atoms with Gasteiger partial charge in [-0.25, -0.2) is 4.79 Å². The summed E-state index contributed by atoms with van der Waals surface area (Å²) in [4.78, 5) is 84.6. The van der Waals surface area contributed by atoms with Gasteiger partial charge in [0.25, 0.3) is 0 Å². The molecule has 0 aliphatic carbocycles. The molecule has 10 N–H and O–H groups in total. The van der Waals surface area contributed by atoms with Crippen LogP contribution in [0.3, 0.4) is 0 Å². The predicted molar refractivity (Wildman–Crippen MR) is 106 cm³/mol. The van der Waals surface area contributed by atoms with E-state index in [4.69, 9.17) is 27.4 Å². The van der Waals surface area contributed by atoms with Gasteiger partial charge in [-0.1, -0.05) is 13.8 Å². The highest BCUT2D eigenvalue weighted by atomic mass is 16.4. The number of hydrogen-bond donors (Lipinski definition) is 7. The molecule has 5 atom stereocenters. The van der Waals surface area contributed by atoms with Crippen molar-refractivity contribution in [1.82, 2.24) is 5.32 Å². The van der Waals surface area contributed by atoms with Gasteiger partial charge in [-0.2, -0.15) is 0 Å². The lowest BCUT2D eigenvalue weighted by Gasteiger charge is -2.35. The Labute approximate surface area is 182 Å². The molecule has 0 aliphatic rings. The fourth-order valence-corrected chi connectivity index (χ4v) is 2.91. The Bertz CT molecular complexity index is 796. The van der Waals surface area contributed by atoms with Gasteiger partial charge in [0.1, 0.15) is 5.92 Å². The zero-order valence-corrected chi connectivity index (χ0v) is 17.7. The van der Waals surface area contributed by atoms with Crippen molar-refractivity contribution < 1.29 is 48.9 Å². The van der Waals surface area contributed by atoms with Crippen LogP contribution in [0.4, 0.5) is 0 Å². The summed E-state index contributed by atoms with van der Waals surface area (Å²) in [6, 6.07) is -5.48. The molecule has 0 saturated carbocycles. The average Bonchev–Trinajstić information content (AvgIpc) is 2.64. The van der Waals surface area contributed by atoms with E-state index in [0.717, 1.165) is 6.92 Å². The van der Waals surface area contributed by atoms with Crippen LogP contribution in [0.5, 0.6) is 0 Å². The molecule has 14 heteroatoms. The largest absolute Gasteiger partial charge is 0.481 e. The first-order valence-corrected chi connectivity index (χ1v) is 9.34. The standard InChI is InChI=1S/C18H28N4O10/c1-6(2)13(20)15(29)12(14(28)9(5-11(26)27)22-7(3)23)18(21,17(31)32)16(30)8(19)4-10(24)25/h6,8-9,12-13H,4-5,19-21H2,1-3H3,(H,22,23)(H,24,25)(H,26,27)(H,31,32). The van der Waals surface area contributed by atoms with E-state index >= 15 is 0 Å². The molecule has 0 fully saturated rings. The van der Waals surface area contributed by atoms with Crippen LogP contribution in [-0.4, -0.2) is 80.1 Å². The number of carbonyl (C=O) groups is 7. The van der Waals surface area contributed by atoms with Crippen LogP contribution in [0.25, 0.3) is 0 Å². The van der Waals surface area contributed by atoms with Gasteiger partial charge >= 0.3 is 17.9 Å². The van der Waals surface area contributed by atoms with Crippen molar-refractivity contribution in [2.45, 2.75) is 57.3 Å². The molecule has 0 spiro atoms. The van der Waals surface area contributed by atoms with Crippen LogP contribution in [-0.2, 0) is 33.6 Å². The van der Waals surface area contributed by atoms with E-state index in [9.17, 15) is 38.7 Å². The number of amides is 1. The van der Waals surface area contributed by atoms with Gasteiger partial charge in [-0.05, 0) is 5.92 Å². The molecule has 0 aliphatic heterocycles. The number of nitrogens with two attached hydrogens (primary N) is 3. The Balaban J connectivity index is 6.82. The maximum absolute atomic E-state index is 13.2. The third kappa shape index (κ3) is 6.90. The SMILES string of the molecule is CC(=O)NC(CC(=O)O)C(=O)C(C(=O)C(N)C(C)C)C(N)(C(=O)O)C(=O)C(N)CC(=O)O. The Kier molecular flexibility index (Phi) is 10.3. The number of nitrogens with one attached hydrogen (secondary N) is 1. The summed E-state index contributed by atoms with van der Waals surface area (Å²) in [6.07, 6.45) is -2.13. The van der Waals surface area contributed by atoms with Gasteiger partial charge < -0.3 is 37.8 Å². The van der Waals surface area contributed by atoms with Crippen LogP contribution in [0.2, 0.25) is 0 Å². The third-order valence-corrected chi connectivity index (χ3v) is 4.66. The fraction of sp³-hybridized carbons (Fsp3) is 0.611. The molecule has 0 rings (SSSR count). The van der Waals surface area contributed by atoms with Crippen molar-refractivity contribution in [2.24, 2.45) is 29.0 Å². The highest BCUT2D eigenvalue weighted by Gasteiger charge is 2.58. The first-order chi connectivity index (χ1) is 14.5. The van der Waals surface area contributed by atoms with Gasteiger partial charge in [0, 0.05) is 6.92 Å². The zero-order chi connectivity index (χ0) is 25.5. The van der Waals surface area contributed by atoms with Crippen LogP contribution in [0, 0.1) is 11.8 Å². The fourth-order valence-electron chi connectivity index (χ4n) is 2.91. The van der Waals surface area contributed by atoms with Crippen molar-refractivity contribution in [2.75, 3.05) is 0 Å². The van der Waals surface area contributed by atoms with Gasteiger partial charge in [-0.15, -0.1) is 0 Å². The third-order valence-electron chi connectivity index (χ3n) is 4.66. The minimum atomic E-state index is -3.38. The second-order valence-electron chi connectivity index (χ2n) is 7.60. The molecule has 0 radical (unpaired) electrons. The number of carboxylic acids is 3. The summed E-state index contributed by atoms with van der Waals surface area (Å²) in [6.45, 7) is 3.83. The summed E-state index contributed by atoms with van der Waals surface area (Å²) in [5.74, 6) is -14.0.